The van der Waals surface area contributed by atoms with Crippen LogP contribution in [-0.4, -0.2) is 52.6 Å². The number of nitrogens with zero attached hydrogens (tertiary/aromatic N) is 2. The zero-order valence-electron chi connectivity index (χ0n) is 11.9. The van der Waals surface area contributed by atoms with Crippen LogP contribution in [0.2, 0.25) is 0 Å². The lowest BCUT2D eigenvalue weighted by atomic mass is 9.82. The molecule has 0 saturated carbocycles. The number of pyridine rings is 1. The molecular formula is C15H20N2O4. The molecule has 6 nitrogen and oxygen atoms in total. The van der Waals surface area contributed by atoms with E-state index in [-0.39, 0.29) is 11.8 Å². The average Bonchev–Trinajstić information content (AvgIpc) is 2.51. The molecule has 2 fully saturated rings. The number of rotatable bonds is 2. The molecular weight excluding hydrogens is 272 g/mol. The Morgan fingerprint density at radius 2 is 2.19 bits per heavy atom. The van der Waals surface area contributed by atoms with Gasteiger partial charge in [-0.05, 0) is 37.8 Å². The molecule has 0 bridgehead atoms. The summed E-state index contributed by atoms with van der Waals surface area (Å²) in [5, 5.41) is 19.2. The van der Waals surface area contributed by atoms with Crippen molar-refractivity contribution in [3.8, 4) is 0 Å². The topological polar surface area (TPSA) is 82.9 Å². The molecule has 3 heterocycles. The lowest BCUT2D eigenvalue weighted by molar-refractivity contribution is -0.164. The van der Waals surface area contributed by atoms with E-state index < -0.39 is 11.6 Å². The molecule has 3 rings (SSSR count). The SMILES string of the molecule is O=C(O)c1cc(N2CCC3(CC2)OCCC[C@H]3O)ccn1. The molecule has 0 aliphatic carbocycles. The minimum Gasteiger partial charge on any atom is -0.477 e. The lowest BCUT2D eigenvalue weighted by Gasteiger charge is -2.47. The first-order valence-corrected chi connectivity index (χ1v) is 7.37. The molecule has 2 aliphatic heterocycles. The summed E-state index contributed by atoms with van der Waals surface area (Å²) in [6.45, 7) is 2.22. The van der Waals surface area contributed by atoms with E-state index in [4.69, 9.17) is 9.84 Å². The summed E-state index contributed by atoms with van der Waals surface area (Å²) < 4.78 is 5.88. The highest BCUT2D eigenvalue weighted by atomic mass is 16.5. The van der Waals surface area contributed by atoms with Gasteiger partial charge in [0.05, 0.1) is 11.7 Å². The van der Waals surface area contributed by atoms with Crippen LogP contribution in [0.5, 0.6) is 0 Å². The molecule has 0 unspecified atom stereocenters. The third kappa shape index (κ3) is 2.73. The van der Waals surface area contributed by atoms with Crippen molar-refractivity contribution < 1.29 is 19.7 Å². The Morgan fingerprint density at radius 1 is 1.43 bits per heavy atom. The van der Waals surface area contributed by atoms with Gasteiger partial charge in [-0.25, -0.2) is 9.78 Å². The van der Waals surface area contributed by atoms with Crippen LogP contribution in [0.1, 0.15) is 36.2 Å². The number of piperidine rings is 1. The van der Waals surface area contributed by atoms with Crippen molar-refractivity contribution in [1.82, 2.24) is 4.98 Å². The van der Waals surface area contributed by atoms with E-state index in [1.54, 1.807) is 6.07 Å². The maximum absolute atomic E-state index is 11.0. The summed E-state index contributed by atoms with van der Waals surface area (Å²) in [7, 11) is 0. The Morgan fingerprint density at radius 3 is 2.86 bits per heavy atom. The number of aliphatic hydroxyl groups is 1. The largest absolute Gasteiger partial charge is 0.477 e. The Labute approximate surface area is 123 Å². The summed E-state index contributed by atoms with van der Waals surface area (Å²) in [6, 6.07) is 3.42. The zero-order valence-corrected chi connectivity index (χ0v) is 11.9. The Balaban J connectivity index is 1.71. The van der Waals surface area contributed by atoms with Crippen molar-refractivity contribution in [1.29, 1.82) is 0 Å². The van der Waals surface area contributed by atoms with Crippen LogP contribution in [0.3, 0.4) is 0 Å². The lowest BCUT2D eigenvalue weighted by Crippen LogP contribution is -2.55. The minimum atomic E-state index is -1.02. The predicted molar refractivity (Wildman–Crippen MR) is 76.6 cm³/mol. The Hall–Kier alpha value is -1.66. The van der Waals surface area contributed by atoms with Crippen molar-refractivity contribution >= 4 is 11.7 Å². The van der Waals surface area contributed by atoms with Gasteiger partial charge in [0.15, 0.2) is 0 Å². The highest BCUT2D eigenvalue weighted by Crippen LogP contribution is 2.36. The maximum atomic E-state index is 11.0. The molecule has 2 aliphatic rings. The van der Waals surface area contributed by atoms with Gasteiger partial charge in [-0.1, -0.05) is 0 Å². The standard InChI is InChI=1S/C15H20N2O4/c18-13-2-1-9-21-15(13)4-7-17(8-5-15)11-3-6-16-12(10-11)14(19)20/h3,6,10,13,18H,1-2,4-5,7-9H2,(H,19,20)/t13-/m1/s1. The van der Waals surface area contributed by atoms with E-state index >= 15 is 0 Å². The van der Waals surface area contributed by atoms with Crippen molar-refractivity contribution in [3.63, 3.8) is 0 Å². The van der Waals surface area contributed by atoms with Crippen LogP contribution < -0.4 is 4.90 Å². The first-order chi connectivity index (χ1) is 10.1. The number of carboxylic acids is 1. The van der Waals surface area contributed by atoms with Crippen molar-refractivity contribution in [2.75, 3.05) is 24.6 Å². The molecule has 0 aromatic carbocycles. The molecule has 6 heteroatoms. The quantitative estimate of drug-likeness (QED) is 0.854. The second-order valence-corrected chi connectivity index (χ2v) is 5.76. The van der Waals surface area contributed by atoms with E-state index in [9.17, 15) is 9.90 Å². The molecule has 0 radical (unpaired) electrons. The fraction of sp³-hybridized carbons (Fsp3) is 0.600. The number of anilines is 1. The number of carboxylic acid groups (broad SMARTS) is 1. The highest BCUT2D eigenvalue weighted by molar-refractivity contribution is 5.86. The molecule has 21 heavy (non-hydrogen) atoms. The van der Waals surface area contributed by atoms with Crippen LogP contribution in [0.4, 0.5) is 5.69 Å². The first-order valence-electron chi connectivity index (χ1n) is 7.37. The molecule has 2 saturated heterocycles. The second kappa shape index (κ2) is 5.61. The number of carbonyl (C=O) groups is 1. The third-order valence-corrected chi connectivity index (χ3v) is 4.56. The van der Waals surface area contributed by atoms with E-state index in [1.165, 1.54) is 6.20 Å². The Bertz CT molecular complexity index is 526. The average molecular weight is 292 g/mol. The summed E-state index contributed by atoms with van der Waals surface area (Å²) >= 11 is 0. The van der Waals surface area contributed by atoms with Crippen LogP contribution in [-0.2, 0) is 4.74 Å². The molecule has 2 N–H and O–H groups in total. The zero-order chi connectivity index (χ0) is 14.9. The van der Waals surface area contributed by atoms with Gasteiger partial charge < -0.3 is 19.8 Å². The van der Waals surface area contributed by atoms with E-state index in [2.05, 4.69) is 9.88 Å². The van der Waals surface area contributed by atoms with Gasteiger partial charge in [-0.2, -0.15) is 0 Å². The van der Waals surface area contributed by atoms with Gasteiger partial charge in [0, 0.05) is 31.6 Å². The van der Waals surface area contributed by atoms with Crippen molar-refractivity contribution in [3.05, 3.63) is 24.0 Å². The number of hydrogen-bond donors (Lipinski definition) is 2. The number of aliphatic hydroxyl groups excluding tert-OH is 1. The fourth-order valence-corrected chi connectivity index (χ4v) is 3.27. The van der Waals surface area contributed by atoms with E-state index in [0.717, 1.165) is 51.1 Å². The molecule has 0 amide bonds. The number of aromatic nitrogens is 1. The minimum absolute atomic E-state index is 0.0572. The van der Waals surface area contributed by atoms with E-state index in [1.807, 2.05) is 6.07 Å². The molecule has 1 aromatic rings. The highest BCUT2D eigenvalue weighted by Gasteiger charge is 2.43. The fourth-order valence-electron chi connectivity index (χ4n) is 3.27. The molecule has 1 atom stereocenters. The van der Waals surface area contributed by atoms with Gasteiger partial charge in [0.1, 0.15) is 5.69 Å². The maximum Gasteiger partial charge on any atom is 0.354 e. The number of aromatic carboxylic acids is 1. The smallest absolute Gasteiger partial charge is 0.354 e. The van der Waals surface area contributed by atoms with Crippen LogP contribution in [0.15, 0.2) is 18.3 Å². The van der Waals surface area contributed by atoms with Crippen molar-refractivity contribution in [2.45, 2.75) is 37.4 Å². The predicted octanol–water partition coefficient (Wildman–Crippen LogP) is 1.29. The summed E-state index contributed by atoms with van der Waals surface area (Å²) in [4.78, 5) is 17.0. The van der Waals surface area contributed by atoms with Gasteiger partial charge in [0.2, 0.25) is 0 Å². The third-order valence-electron chi connectivity index (χ3n) is 4.56. The van der Waals surface area contributed by atoms with Gasteiger partial charge in [-0.15, -0.1) is 0 Å². The first kappa shape index (κ1) is 14.3. The van der Waals surface area contributed by atoms with Gasteiger partial charge in [0.25, 0.3) is 0 Å². The molecule has 1 aromatic heterocycles. The molecule has 1 spiro atoms. The van der Waals surface area contributed by atoms with Crippen LogP contribution in [0, 0.1) is 0 Å². The summed E-state index contributed by atoms with van der Waals surface area (Å²) in [5.41, 5.74) is 0.515. The summed E-state index contributed by atoms with van der Waals surface area (Å²) in [6.07, 6.45) is 4.38. The second-order valence-electron chi connectivity index (χ2n) is 5.76. The summed E-state index contributed by atoms with van der Waals surface area (Å²) in [5.74, 6) is -1.02. The van der Waals surface area contributed by atoms with Crippen LogP contribution >= 0.6 is 0 Å². The van der Waals surface area contributed by atoms with Crippen LogP contribution in [0.25, 0.3) is 0 Å². The molecule has 114 valence electrons. The van der Waals surface area contributed by atoms with Crippen molar-refractivity contribution in [2.24, 2.45) is 0 Å². The number of ether oxygens (including phenoxy) is 1. The van der Waals surface area contributed by atoms with Gasteiger partial charge >= 0.3 is 5.97 Å². The Kier molecular flexibility index (Phi) is 3.82. The normalized spacial score (nSPS) is 25.0. The van der Waals surface area contributed by atoms with Gasteiger partial charge in [-0.3, -0.25) is 0 Å². The van der Waals surface area contributed by atoms with E-state index in [0.29, 0.717) is 0 Å². The number of hydrogen-bond acceptors (Lipinski definition) is 5. The monoisotopic (exact) mass is 292 g/mol.